The van der Waals surface area contributed by atoms with E-state index >= 15 is 0 Å². The number of carbonyl (C=O) groups is 1. The minimum atomic E-state index is -0.221. The Balaban J connectivity index is 2.73. The number of benzene rings is 1. The summed E-state index contributed by atoms with van der Waals surface area (Å²) in [6, 6.07) is 5.08. The van der Waals surface area contributed by atoms with Crippen LogP contribution in [0.25, 0.3) is 0 Å². The molecule has 0 radical (unpaired) electrons. The predicted molar refractivity (Wildman–Crippen MR) is 57.9 cm³/mol. The van der Waals surface area contributed by atoms with Gasteiger partial charge in [-0.1, -0.05) is 29.3 Å². The van der Waals surface area contributed by atoms with E-state index in [1.165, 1.54) is 13.1 Å². The zero-order valence-electron chi connectivity index (χ0n) is 7.42. The van der Waals surface area contributed by atoms with Crippen LogP contribution in [0.15, 0.2) is 23.3 Å². The minimum Gasteiger partial charge on any atom is -0.274 e. The van der Waals surface area contributed by atoms with Gasteiger partial charge in [0.1, 0.15) is 0 Å². The van der Waals surface area contributed by atoms with Crippen molar-refractivity contribution >= 4 is 35.3 Å². The summed E-state index contributed by atoms with van der Waals surface area (Å²) in [6.45, 7) is 1.38. The molecule has 0 bridgehead atoms. The summed E-state index contributed by atoms with van der Waals surface area (Å²) in [5, 5.41) is 4.63. The van der Waals surface area contributed by atoms with Crippen LogP contribution >= 0.6 is 23.2 Å². The van der Waals surface area contributed by atoms with E-state index < -0.39 is 0 Å². The highest BCUT2D eigenvalue weighted by Crippen LogP contribution is 2.21. The molecular formula is C9H8Cl2N2O. The van der Waals surface area contributed by atoms with E-state index in [1.54, 1.807) is 18.2 Å². The van der Waals surface area contributed by atoms with Crippen LogP contribution in [0.5, 0.6) is 0 Å². The number of rotatable bonds is 2. The van der Waals surface area contributed by atoms with Gasteiger partial charge in [0.25, 0.3) is 0 Å². The van der Waals surface area contributed by atoms with Crippen molar-refractivity contribution in [3.05, 3.63) is 33.8 Å². The lowest BCUT2D eigenvalue weighted by atomic mass is 10.2. The lowest BCUT2D eigenvalue weighted by Gasteiger charge is -1.96. The first-order valence-corrected chi connectivity index (χ1v) is 4.60. The van der Waals surface area contributed by atoms with Gasteiger partial charge in [-0.05, 0) is 17.7 Å². The summed E-state index contributed by atoms with van der Waals surface area (Å²) < 4.78 is 0. The third kappa shape index (κ3) is 3.36. The van der Waals surface area contributed by atoms with Crippen LogP contribution in [0.2, 0.25) is 10.0 Å². The molecule has 74 valence electrons. The topological polar surface area (TPSA) is 41.5 Å². The Morgan fingerprint density at radius 2 is 2.14 bits per heavy atom. The van der Waals surface area contributed by atoms with Crippen molar-refractivity contribution in [3.63, 3.8) is 0 Å². The molecule has 0 aliphatic carbocycles. The Morgan fingerprint density at radius 3 is 2.71 bits per heavy atom. The smallest absolute Gasteiger partial charge is 0.236 e. The zero-order valence-corrected chi connectivity index (χ0v) is 8.93. The Hall–Kier alpha value is -1.06. The molecule has 0 aliphatic heterocycles. The van der Waals surface area contributed by atoms with Crippen molar-refractivity contribution in [2.75, 3.05) is 0 Å². The number of carbonyl (C=O) groups excluding carboxylic acids is 1. The van der Waals surface area contributed by atoms with E-state index in [0.717, 1.165) is 5.56 Å². The number of amides is 1. The standard InChI is InChI=1S/C9H8Cl2N2O/c1-6(14)13-12-5-7-2-3-8(10)9(11)4-7/h2-5H,1H3,(H,13,14)/b12-5+. The monoisotopic (exact) mass is 230 g/mol. The van der Waals surface area contributed by atoms with E-state index in [2.05, 4.69) is 10.5 Å². The maximum absolute atomic E-state index is 10.5. The number of nitrogens with zero attached hydrogens (tertiary/aromatic N) is 1. The molecular weight excluding hydrogens is 223 g/mol. The quantitative estimate of drug-likeness (QED) is 0.616. The van der Waals surface area contributed by atoms with E-state index in [-0.39, 0.29) is 5.91 Å². The van der Waals surface area contributed by atoms with Crippen LogP contribution in [0.1, 0.15) is 12.5 Å². The molecule has 1 amide bonds. The fourth-order valence-corrected chi connectivity index (χ4v) is 1.10. The third-order valence-corrected chi connectivity index (χ3v) is 2.12. The molecule has 1 N–H and O–H groups in total. The van der Waals surface area contributed by atoms with Crippen molar-refractivity contribution in [3.8, 4) is 0 Å². The molecule has 0 saturated carbocycles. The molecule has 0 fully saturated rings. The molecule has 1 aromatic carbocycles. The van der Waals surface area contributed by atoms with Gasteiger partial charge in [-0.25, -0.2) is 5.43 Å². The Kier molecular flexibility index (Phi) is 3.92. The SMILES string of the molecule is CC(=O)N/N=C/c1ccc(Cl)c(Cl)c1. The molecule has 14 heavy (non-hydrogen) atoms. The van der Waals surface area contributed by atoms with E-state index in [9.17, 15) is 4.79 Å². The molecule has 1 aromatic rings. The van der Waals surface area contributed by atoms with Gasteiger partial charge in [0.15, 0.2) is 0 Å². The van der Waals surface area contributed by atoms with E-state index in [1.807, 2.05) is 0 Å². The number of hydrazone groups is 1. The fourth-order valence-electron chi connectivity index (χ4n) is 0.790. The highest BCUT2D eigenvalue weighted by atomic mass is 35.5. The highest BCUT2D eigenvalue weighted by molar-refractivity contribution is 6.42. The molecule has 0 heterocycles. The summed E-state index contributed by atoms with van der Waals surface area (Å²) in [7, 11) is 0. The molecule has 5 heteroatoms. The minimum absolute atomic E-state index is 0.221. The van der Waals surface area contributed by atoms with E-state index in [0.29, 0.717) is 10.0 Å². The van der Waals surface area contributed by atoms with Crippen molar-refractivity contribution in [1.29, 1.82) is 0 Å². The highest BCUT2D eigenvalue weighted by Gasteiger charge is 1.96. The summed E-state index contributed by atoms with van der Waals surface area (Å²) >= 11 is 11.5. The van der Waals surface area contributed by atoms with Crippen molar-refractivity contribution in [2.45, 2.75) is 6.92 Å². The van der Waals surface area contributed by atoms with Gasteiger partial charge in [0.2, 0.25) is 5.91 Å². The molecule has 0 unspecified atom stereocenters. The van der Waals surface area contributed by atoms with Crippen LogP contribution in [-0.2, 0) is 4.79 Å². The fraction of sp³-hybridized carbons (Fsp3) is 0.111. The van der Waals surface area contributed by atoms with Crippen molar-refractivity contribution < 1.29 is 4.79 Å². The van der Waals surface area contributed by atoms with Gasteiger partial charge in [-0.3, -0.25) is 4.79 Å². The zero-order chi connectivity index (χ0) is 10.6. The summed E-state index contributed by atoms with van der Waals surface area (Å²) in [5.41, 5.74) is 3.05. The van der Waals surface area contributed by atoms with E-state index in [4.69, 9.17) is 23.2 Å². The maximum Gasteiger partial charge on any atom is 0.236 e. The first-order valence-electron chi connectivity index (χ1n) is 3.84. The summed E-state index contributed by atoms with van der Waals surface area (Å²) in [4.78, 5) is 10.5. The molecule has 0 atom stereocenters. The van der Waals surface area contributed by atoms with Gasteiger partial charge in [0.05, 0.1) is 16.3 Å². The van der Waals surface area contributed by atoms with Crippen LogP contribution in [0.4, 0.5) is 0 Å². The maximum atomic E-state index is 10.5. The largest absolute Gasteiger partial charge is 0.274 e. The lowest BCUT2D eigenvalue weighted by Crippen LogP contribution is -2.12. The Labute approximate surface area is 91.7 Å². The van der Waals surface area contributed by atoms with Gasteiger partial charge in [-0.15, -0.1) is 0 Å². The van der Waals surface area contributed by atoms with Crippen LogP contribution in [0.3, 0.4) is 0 Å². The van der Waals surface area contributed by atoms with Crippen LogP contribution < -0.4 is 5.43 Å². The normalized spacial score (nSPS) is 10.5. The second-order valence-electron chi connectivity index (χ2n) is 2.60. The van der Waals surface area contributed by atoms with Crippen molar-refractivity contribution in [1.82, 2.24) is 5.43 Å². The van der Waals surface area contributed by atoms with Crippen molar-refractivity contribution in [2.24, 2.45) is 5.10 Å². The second-order valence-corrected chi connectivity index (χ2v) is 3.41. The molecule has 0 aromatic heterocycles. The molecule has 3 nitrogen and oxygen atoms in total. The Morgan fingerprint density at radius 1 is 1.43 bits per heavy atom. The molecule has 0 aliphatic rings. The van der Waals surface area contributed by atoms with Crippen LogP contribution in [0, 0.1) is 0 Å². The molecule has 0 spiro atoms. The van der Waals surface area contributed by atoms with Gasteiger partial charge >= 0.3 is 0 Å². The second kappa shape index (κ2) is 4.98. The number of hydrogen-bond acceptors (Lipinski definition) is 2. The summed E-state index contributed by atoms with van der Waals surface area (Å²) in [6.07, 6.45) is 1.49. The predicted octanol–water partition coefficient (Wildman–Crippen LogP) is 2.46. The lowest BCUT2D eigenvalue weighted by molar-refractivity contribution is -0.118. The third-order valence-electron chi connectivity index (χ3n) is 1.38. The van der Waals surface area contributed by atoms with Gasteiger partial charge < -0.3 is 0 Å². The molecule has 0 saturated heterocycles. The first kappa shape index (κ1) is 11.0. The number of halogens is 2. The first-order chi connectivity index (χ1) is 6.59. The average molecular weight is 231 g/mol. The number of hydrogen-bond donors (Lipinski definition) is 1. The number of nitrogens with one attached hydrogen (secondary N) is 1. The van der Waals surface area contributed by atoms with Gasteiger partial charge in [-0.2, -0.15) is 5.10 Å². The summed E-state index contributed by atoms with van der Waals surface area (Å²) in [5.74, 6) is -0.221. The Bertz CT molecular complexity index is 377. The van der Waals surface area contributed by atoms with Crippen LogP contribution in [-0.4, -0.2) is 12.1 Å². The molecule has 1 rings (SSSR count). The van der Waals surface area contributed by atoms with Gasteiger partial charge in [0, 0.05) is 6.92 Å². The average Bonchev–Trinajstić information content (AvgIpc) is 2.10.